The highest BCUT2D eigenvalue weighted by Crippen LogP contribution is 2.36. The van der Waals surface area contributed by atoms with Gasteiger partial charge in [-0.2, -0.15) is 0 Å². The number of carbonyl (C=O) groups excluding carboxylic acids is 1. The van der Waals surface area contributed by atoms with Crippen molar-refractivity contribution in [3.8, 4) is 0 Å². The van der Waals surface area contributed by atoms with E-state index in [1.165, 1.54) is 26.9 Å². The normalized spacial score (nSPS) is 11.7. The summed E-state index contributed by atoms with van der Waals surface area (Å²) in [6, 6.07) is 26.8. The summed E-state index contributed by atoms with van der Waals surface area (Å²) in [5.74, 6) is 0.0192. The van der Waals surface area contributed by atoms with Gasteiger partial charge in [0.1, 0.15) is 0 Å². The Morgan fingerprint density at radius 3 is 2.00 bits per heavy atom. The minimum absolute atomic E-state index is 0.0192. The van der Waals surface area contributed by atoms with Crippen molar-refractivity contribution >= 4 is 50.3 Å². The molecule has 0 aliphatic carbocycles. The SMILES string of the molecule is C=Cc1ccc(/C=C/C(=O)c2ccc3ccc4cccc5ccc2c3c45)cc1. The van der Waals surface area contributed by atoms with Crippen LogP contribution in [0.4, 0.5) is 0 Å². The molecule has 0 fully saturated rings. The predicted octanol–water partition coefficient (Wildman–Crippen LogP) is 7.12. The first kappa shape index (κ1) is 16.5. The van der Waals surface area contributed by atoms with Gasteiger partial charge in [-0.3, -0.25) is 4.79 Å². The van der Waals surface area contributed by atoms with E-state index in [-0.39, 0.29) is 5.78 Å². The van der Waals surface area contributed by atoms with Crippen molar-refractivity contribution in [2.45, 2.75) is 0 Å². The third kappa shape index (κ3) is 2.60. The van der Waals surface area contributed by atoms with E-state index in [0.717, 1.165) is 22.1 Å². The zero-order valence-electron chi connectivity index (χ0n) is 15.4. The Bertz CT molecular complexity index is 1360. The molecule has 0 saturated heterocycles. The van der Waals surface area contributed by atoms with Gasteiger partial charge in [0.2, 0.25) is 0 Å². The molecule has 0 radical (unpaired) electrons. The maximum atomic E-state index is 13.0. The van der Waals surface area contributed by atoms with Crippen LogP contribution in [-0.2, 0) is 0 Å². The van der Waals surface area contributed by atoms with Gasteiger partial charge < -0.3 is 0 Å². The van der Waals surface area contributed by atoms with E-state index in [4.69, 9.17) is 0 Å². The van der Waals surface area contributed by atoms with E-state index in [1.807, 2.05) is 48.6 Å². The van der Waals surface area contributed by atoms with E-state index in [0.29, 0.717) is 0 Å². The maximum Gasteiger partial charge on any atom is 0.186 e. The van der Waals surface area contributed by atoms with E-state index < -0.39 is 0 Å². The first-order chi connectivity index (χ1) is 13.7. The topological polar surface area (TPSA) is 17.1 Å². The van der Waals surface area contributed by atoms with Gasteiger partial charge in [-0.05, 0) is 55.6 Å². The Kier molecular flexibility index (Phi) is 3.80. The summed E-state index contributed by atoms with van der Waals surface area (Å²) in [5, 5.41) is 7.00. The largest absolute Gasteiger partial charge is 0.289 e. The van der Waals surface area contributed by atoms with Crippen LogP contribution in [0.3, 0.4) is 0 Å². The summed E-state index contributed by atoms with van der Waals surface area (Å²) in [6.45, 7) is 3.77. The zero-order valence-corrected chi connectivity index (χ0v) is 15.4. The minimum atomic E-state index is 0.0192. The first-order valence-corrected chi connectivity index (χ1v) is 9.36. The smallest absolute Gasteiger partial charge is 0.186 e. The molecular weight excluding hydrogens is 340 g/mol. The van der Waals surface area contributed by atoms with Crippen LogP contribution in [0.1, 0.15) is 21.5 Å². The van der Waals surface area contributed by atoms with Crippen LogP contribution in [-0.4, -0.2) is 5.78 Å². The predicted molar refractivity (Wildman–Crippen MR) is 120 cm³/mol. The summed E-state index contributed by atoms with van der Waals surface area (Å²) >= 11 is 0. The molecule has 0 spiro atoms. The fraction of sp³-hybridized carbons (Fsp3) is 0. The Labute approximate surface area is 163 Å². The number of hydrogen-bond donors (Lipinski definition) is 0. The van der Waals surface area contributed by atoms with Gasteiger partial charge >= 0.3 is 0 Å². The molecular formula is C27H18O. The van der Waals surface area contributed by atoms with Crippen LogP contribution in [0.15, 0.2) is 91.5 Å². The quantitative estimate of drug-likeness (QED) is 0.190. The van der Waals surface area contributed by atoms with Crippen LogP contribution in [0.2, 0.25) is 0 Å². The van der Waals surface area contributed by atoms with E-state index in [1.54, 1.807) is 6.08 Å². The second-order valence-corrected chi connectivity index (χ2v) is 7.04. The molecule has 0 aromatic heterocycles. The summed E-state index contributed by atoms with van der Waals surface area (Å²) in [5.41, 5.74) is 2.80. The summed E-state index contributed by atoms with van der Waals surface area (Å²) in [7, 11) is 0. The highest BCUT2D eigenvalue weighted by Gasteiger charge is 2.13. The Balaban J connectivity index is 1.62. The van der Waals surface area contributed by atoms with Crippen LogP contribution < -0.4 is 0 Å². The molecule has 1 heteroatoms. The van der Waals surface area contributed by atoms with Crippen LogP contribution in [0, 0.1) is 0 Å². The summed E-state index contributed by atoms with van der Waals surface area (Å²) < 4.78 is 0. The number of benzene rings is 5. The maximum absolute atomic E-state index is 13.0. The summed E-state index contributed by atoms with van der Waals surface area (Å²) in [6.07, 6.45) is 5.34. The van der Waals surface area contributed by atoms with Gasteiger partial charge in [0.05, 0.1) is 0 Å². The molecule has 132 valence electrons. The third-order valence-electron chi connectivity index (χ3n) is 5.39. The van der Waals surface area contributed by atoms with E-state index in [2.05, 4.69) is 49.0 Å². The lowest BCUT2D eigenvalue weighted by Gasteiger charge is -2.12. The number of hydrogen-bond acceptors (Lipinski definition) is 1. The molecule has 0 unspecified atom stereocenters. The molecule has 0 atom stereocenters. The van der Waals surface area contributed by atoms with Crippen molar-refractivity contribution in [1.29, 1.82) is 0 Å². The van der Waals surface area contributed by atoms with Crippen molar-refractivity contribution in [1.82, 2.24) is 0 Å². The average Bonchev–Trinajstić information content (AvgIpc) is 2.76. The fourth-order valence-corrected chi connectivity index (χ4v) is 3.96. The molecule has 28 heavy (non-hydrogen) atoms. The molecule has 5 rings (SSSR count). The average molecular weight is 358 g/mol. The lowest BCUT2D eigenvalue weighted by Crippen LogP contribution is -1.97. The van der Waals surface area contributed by atoms with Gasteiger partial charge in [0.25, 0.3) is 0 Å². The molecule has 5 aromatic carbocycles. The van der Waals surface area contributed by atoms with Crippen molar-refractivity contribution in [3.05, 3.63) is 108 Å². The summed E-state index contributed by atoms with van der Waals surface area (Å²) in [4.78, 5) is 13.0. The molecule has 0 bridgehead atoms. The minimum Gasteiger partial charge on any atom is -0.289 e. The molecule has 1 nitrogen and oxygen atoms in total. The second-order valence-electron chi connectivity index (χ2n) is 7.04. The lowest BCUT2D eigenvalue weighted by molar-refractivity contribution is 0.104. The monoisotopic (exact) mass is 358 g/mol. The Hall–Kier alpha value is -3.71. The van der Waals surface area contributed by atoms with E-state index >= 15 is 0 Å². The second kappa shape index (κ2) is 6.47. The molecule has 5 aromatic rings. The number of carbonyl (C=O) groups is 1. The highest BCUT2D eigenvalue weighted by molar-refractivity contribution is 6.27. The van der Waals surface area contributed by atoms with Crippen LogP contribution in [0.5, 0.6) is 0 Å². The first-order valence-electron chi connectivity index (χ1n) is 9.36. The number of ketones is 1. The number of allylic oxidation sites excluding steroid dienone is 1. The van der Waals surface area contributed by atoms with Gasteiger partial charge in [0.15, 0.2) is 5.78 Å². The molecule has 0 aliphatic rings. The van der Waals surface area contributed by atoms with Gasteiger partial charge in [0, 0.05) is 5.56 Å². The molecule has 0 N–H and O–H groups in total. The zero-order chi connectivity index (χ0) is 19.1. The van der Waals surface area contributed by atoms with Gasteiger partial charge in [-0.1, -0.05) is 91.5 Å². The Morgan fingerprint density at radius 2 is 1.29 bits per heavy atom. The van der Waals surface area contributed by atoms with Crippen LogP contribution in [0.25, 0.3) is 44.5 Å². The van der Waals surface area contributed by atoms with E-state index in [9.17, 15) is 4.79 Å². The molecule has 0 amide bonds. The highest BCUT2D eigenvalue weighted by atomic mass is 16.1. The van der Waals surface area contributed by atoms with Gasteiger partial charge in [-0.25, -0.2) is 0 Å². The fourth-order valence-electron chi connectivity index (χ4n) is 3.96. The Morgan fingerprint density at radius 1 is 0.679 bits per heavy atom. The van der Waals surface area contributed by atoms with Crippen molar-refractivity contribution < 1.29 is 4.79 Å². The number of rotatable bonds is 4. The van der Waals surface area contributed by atoms with Gasteiger partial charge in [-0.15, -0.1) is 0 Å². The molecule has 0 aliphatic heterocycles. The molecule has 0 heterocycles. The van der Waals surface area contributed by atoms with Crippen LogP contribution >= 0.6 is 0 Å². The van der Waals surface area contributed by atoms with Crippen molar-refractivity contribution in [3.63, 3.8) is 0 Å². The third-order valence-corrected chi connectivity index (χ3v) is 5.39. The van der Waals surface area contributed by atoms with Crippen molar-refractivity contribution in [2.75, 3.05) is 0 Å². The van der Waals surface area contributed by atoms with Crippen molar-refractivity contribution in [2.24, 2.45) is 0 Å². The molecule has 0 saturated carbocycles. The lowest BCUT2D eigenvalue weighted by atomic mass is 9.91. The standard InChI is InChI=1S/C27H18O/c1-2-18-6-8-19(9-7-18)10-17-25(28)23-15-13-22-12-11-20-4-3-5-21-14-16-24(23)27(22)26(20)21/h2-17H,1H2/b17-10+.